The largest absolute Gasteiger partial charge is 0.433 e. The predicted octanol–water partition coefficient (Wildman–Crippen LogP) is 6.21. The summed E-state index contributed by atoms with van der Waals surface area (Å²) in [4.78, 5) is 8.21. The van der Waals surface area contributed by atoms with Crippen LogP contribution < -0.4 is 0 Å². The second-order valence-electron chi connectivity index (χ2n) is 10.1. The zero-order valence-corrected chi connectivity index (χ0v) is 19.2. The maximum atomic E-state index is 12.9. The van der Waals surface area contributed by atoms with E-state index < -0.39 is 23.1 Å². The maximum Gasteiger partial charge on any atom is 0.433 e. The van der Waals surface area contributed by atoms with Crippen LogP contribution in [0.4, 0.5) is 13.2 Å². The van der Waals surface area contributed by atoms with Crippen molar-refractivity contribution in [2.75, 3.05) is 0 Å². The van der Waals surface area contributed by atoms with Crippen molar-refractivity contribution >= 4 is 10.9 Å². The molecule has 3 aromatic rings. The van der Waals surface area contributed by atoms with Crippen LogP contribution in [-0.2, 0) is 6.18 Å². The molecule has 1 fully saturated rings. The van der Waals surface area contributed by atoms with Crippen LogP contribution in [0.25, 0.3) is 22.2 Å². The van der Waals surface area contributed by atoms with Gasteiger partial charge in [0, 0.05) is 17.1 Å². The second-order valence-corrected chi connectivity index (χ2v) is 10.1. The van der Waals surface area contributed by atoms with Gasteiger partial charge in [0.15, 0.2) is 0 Å². The number of aliphatic hydroxyl groups is 2. The number of nitrogens with zero attached hydrogens (tertiary/aromatic N) is 2. The third-order valence-corrected chi connectivity index (χ3v) is 7.08. The molecule has 1 aromatic carbocycles. The number of benzene rings is 1. The first-order valence-corrected chi connectivity index (χ1v) is 11.2. The number of pyridine rings is 2. The first kappa shape index (κ1) is 23.6. The Morgan fingerprint density at radius 3 is 2.09 bits per heavy atom. The lowest BCUT2D eigenvalue weighted by atomic mass is 9.89. The highest BCUT2D eigenvalue weighted by Crippen LogP contribution is 2.53. The molecular formula is C26H29F3N2O2. The molecule has 0 aliphatic heterocycles. The van der Waals surface area contributed by atoms with Gasteiger partial charge < -0.3 is 10.2 Å². The van der Waals surface area contributed by atoms with Crippen LogP contribution in [0.3, 0.4) is 0 Å². The first-order valence-electron chi connectivity index (χ1n) is 11.2. The lowest BCUT2D eigenvalue weighted by Crippen LogP contribution is -2.44. The molecule has 0 amide bonds. The molecule has 33 heavy (non-hydrogen) atoms. The van der Waals surface area contributed by atoms with Crippen LogP contribution in [0.1, 0.15) is 75.6 Å². The van der Waals surface area contributed by atoms with Gasteiger partial charge in [-0.3, -0.25) is 4.98 Å². The van der Waals surface area contributed by atoms with Gasteiger partial charge in [-0.25, -0.2) is 4.98 Å². The van der Waals surface area contributed by atoms with Crippen molar-refractivity contribution < 1.29 is 23.4 Å². The Balaban J connectivity index is 0.000000281. The second kappa shape index (κ2) is 8.06. The molecule has 2 heterocycles. The molecule has 1 saturated carbocycles. The molecule has 2 aliphatic carbocycles. The summed E-state index contributed by atoms with van der Waals surface area (Å²) in [6.45, 7) is 6.31. The summed E-state index contributed by atoms with van der Waals surface area (Å²) < 4.78 is 38.7. The van der Waals surface area contributed by atoms with E-state index >= 15 is 0 Å². The fourth-order valence-electron chi connectivity index (χ4n) is 4.44. The molecule has 0 spiro atoms. The minimum absolute atomic E-state index is 0.321. The number of halogens is 3. The summed E-state index contributed by atoms with van der Waals surface area (Å²) in [6, 6.07) is 10.4. The molecule has 5 rings (SSSR count). The summed E-state index contributed by atoms with van der Waals surface area (Å²) in [5, 5.41) is 18.9. The zero-order valence-electron chi connectivity index (χ0n) is 19.2. The van der Waals surface area contributed by atoms with Crippen molar-refractivity contribution in [2.45, 2.75) is 76.2 Å². The number of alkyl halides is 3. The lowest BCUT2D eigenvalue weighted by Gasteiger charge is -2.31. The van der Waals surface area contributed by atoms with Crippen molar-refractivity contribution in [3.05, 3.63) is 59.4 Å². The van der Waals surface area contributed by atoms with Gasteiger partial charge in [-0.05, 0) is 94.2 Å². The molecule has 2 N–H and O–H groups in total. The summed E-state index contributed by atoms with van der Waals surface area (Å²) in [7, 11) is 0. The van der Waals surface area contributed by atoms with Crippen molar-refractivity contribution in [1.29, 1.82) is 0 Å². The van der Waals surface area contributed by atoms with E-state index in [1.54, 1.807) is 27.7 Å². The average molecular weight is 459 g/mol. The van der Waals surface area contributed by atoms with Gasteiger partial charge in [0.25, 0.3) is 0 Å². The van der Waals surface area contributed by atoms with E-state index in [2.05, 4.69) is 22.1 Å². The Labute approximate surface area is 191 Å². The highest BCUT2D eigenvalue weighted by molar-refractivity contribution is 5.92. The monoisotopic (exact) mass is 458 g/mol. The van der Waals surface area contributed by atoms with Crippen LogP contribution >= 0.6 is 0 Å². The Morgan fingerprint density at radius 1 is 0.848 bits per heavy atom. The zero-order chi connectivity index (χ0) is 24.2. The smallest absolute Gasteiger partial charge is 0.387 e. The van der Waals surface area contributed by atoms with Crippen LogP contribution in [0, 0.1) is 0 Å². The lowest BCUT2D eigenvalue weighted by molar-refractivity contribution is -0.140. The molecule has 176 valence electrons. The van der Waals surface area contributed by atoms with Gasteiger partial charge in [-0.2, -0.15) is 13.2 Å². The number of hydrogen-bond donors (Lipinski definition) is 2. The minimum atomic E-state index is -4.44. The predicted molar refractivity (Wildman–Crippen MR) is 122 cm³/mol. The van der Waals surface area contributed by atoms with Gasteiger partial charge in [0.2, 0.25) is 0 Å². The normalized spacial score (nSPS) is 19.9. The Morgan fingerprint density at radius 2 is 1.48 bits per heavy atom. The van der Waals surface area contributed by atoms with E-state index in [9.17, 15) is 13.2 Å². The Hall–Kier alpha value is -2.51. The minimum Gasteiger partial charge on any atom is -0.387 e. The van der Waals surface area contributed by atoms with Gasteiger partial charge >= 0.3 is 6.18 Å². The summed E-state index contributed by atoms with van der Waals surface area (Å²) >= 11 is 0. The molecule has 0 radical (unpaired) electrons. The van der Waals surface area contributed by atoms with Crippen molar-refractivity contribution in [2.24, 2.45) is 0 Å². The summed E-state index contributed by atoms with van der Waals surface area (Å²) in [5.41, 5.74) is 1.93. The molecular weight excluding hydrogens is 429 g/mol. The highest BCUT2D eigenvalue weighted by atomic mass is 19.4. The third-order valence-electron chi connectivity index (χ3n) is 7.08. The molecule has 2 aliphatic rings. The van der Waals surface area contributed by atoms with Crippen molar-refractivity contribution in [3.63, 3.8) is 0 Å². The summed E-state index contributed by atoms with van der Waals surface area (Å²) in [5.74, 6) is 1.32. The SMILES string of the molecule is CC(C)(O)C(C)(C)O.FC(F)(F)c1ccc2c(-c3ccc4c(c3)C3CCC4C3)nccc2n1. The molecule has 2 aromatic heterocycles. The number of hydrogen-bond acceptors (Lipinski definition) is 4. The quantitative estimate of drug-likeness (QED) is 0.479. The van der Waals surface area contributed by atoms with Crippen molar-refractivity contribution in [1.82, 2.24) is 9.97 Å². The topological polar surface area (TPSA) is 66.2 Å². The van der Waals surface area contributed by atoms with Gasteiger partial charge in [0.1, 0.15) is 5.69 Å². The van der Waals surface area contributed by atoms with E-state index in [0.29, 0.717) is 28.4 Å². The average Bonchev–Trinajstić information content (AvgIpc) is 3.33. The van der Waals surface area contributed by atoms with Crippen LogP contribution in [0.2, 0.25) is 0 Å². The fourth-order valence-corrected chi connectivity index (χ4v) is 4.44. The van der Waals surface area contributed by atoms with E-state index in [0.717, 1.165) is 11.6 Å². The van der Waals surface area contributed by atoms with E-state index in [1.165, 1.54) is 48.7 Å². The highest BCUT2D eigenvalue weighted by Gasteiger charge is 2.37. The summed E-state index contributed by atoms with van der Waals surface area (Å²) in [6.07, 6.45) is 0.834. The molecule has 7 heteroatoms. The van der Waals surface area contributed by atoms with Crippen LogP contribution in [0.15, 0.2) is 42.6 Å². The van der Waals surface area contributed by atoms with Crippen molar-refractivity contribution in [3.8, 4) is 11.3 Å². The Bertz CT molecular complexity index is 1160. The van der Waals surface area contributed by atoms with Gasteiger partial charge in [-0.15, -0.1) is 0 Å². The molecule has 2 atom stereocenters. The number of rotatable bonds is 2. The Kier molecular flexibility index (Phi) is 5.78. The molecule has 2 unspecified atom stereocenters. The number of aromatic nitrogens is 2. The van der Waals surface area contributed by atoms with Crippen LogP contribution in [-0.4, -0.2) is 31.4 Å². The number of fused-ring (bicyclic) bond motifs is 6. The molecule has 0 saturated heterocycles. The standard InChI is InChI=1S/C20H15F3N2.C6H14O2/c21-20(22,23)18-6-5-15-17(25-18)7-8-24-19(15)13-3-4-14-11-1-2-12(9-11)16(14)10-13;1-5(2,7)6(3,4)8/h3-8,10-12H,1-2,9H2;7-8H,1-4H3. The maximum absolute atomic E-state index is 12.9. The van der Waals surface area contributed by atoms with E-state index in [4.69, 9.17) is 10.2 Å². The first-order chi connectivity index (χ1) is 15.3. The third kappa shape index (κ3) is 4.62. The van der Waals surface area contributed by atoms with Gasteiger partial charge in [-0.1, -0.05) is 12.1 Å². The molecule has 4 nitrogen and oxygen atoms in total. The van der Waals surface area contributed by atoms with E-state index in [-0.39, 0.29) is 0 Å². The molecule has 2 bridgehead atoms. The fraction of sp³-hybridized carbons (Fsp3) is 0.462. The van der Waals surface area contributed by atoms with Crippen LogP contribution in [0.5, 0.6) is 0 Å². The van der Waals surface area contributed by atoms with Gasteiger partial charge in [0.05, 0.1) is 22.4 Å². The van der Waals surface area contributed by atoms with E-state index in [1.807, 2.05) is 6.07 Å².